The van der Waals surface area contributed by atoms with E-state index in [1.165, 1.54) is 17.4 Å². The molecule has 3 heterocycles. The molecule has 9 heteroatoms. The predicted molar refractivity (Wildman–Crippen MR) is 119 cm³/mol. The fourth-order valence-electron chi connectivity index (χ4n) is 3.96. The van der Waals surface area contributed by atoms with Gasteiger partial charge in [0, 0.05) is 43.4 Å². The molecule has 1 atom stereocenters. The van der Waals surface area contributed by atoms with Gasteiger partial charge in [-0.15, -0.1) is 11.3 Å². The lowest BCUT2D eigenvalue weighted by molar-refractivity contribution is 0.570. The highest BCUT2D eigenvalue weighted by Gasteiger charge is 2.25. The van der Waals surface area contributed by atoms with Crippen LogP contribution in [0.1, 0.15) is 13.9 Å². The summed E-state index contributed by atoms with van der Waals surface area (Å²) in [7, 11) is -3.66. The number of nitrogens with one attached hydrogen (secondary N) is 1. The quantitative estimate of drug-likeness (QED) is 0.483. The molecule has 0 amide bonds. The molecule has 0 unspecified atom stereocenters. The van der Waals surface area contributed by atoms with E-state index in [2.05, 4.69) is 19.2 Å². The number of fused-ring (bicyclic) bond motifs is 1. The number of thiazole rings is 1. The molecule has 0 spiro atoms. The molecule has 1 fully saturated rings. The van der Waals surface area contributed by atoms with Crippen LogP contribution in [0.5, 0.6) is 0 Å². The van der Waals surface area contributed by atoms with Gasteiger partial charge in [-0.3, -0.25) is 4.72 Å². The van der Waals surface area contributed by atoms with Crippen molar-refractivity contribution in [2.24, 2.45) is 0 Å². The Bertz CT molecular complexity index is 1290. The Morgan fingerprint density at radius 3 is 2.77 bits per heavy atom. The van der Waals surface area contributed by atoms with Crippen molar-refractivity contribution in [1.29, 1.82) is 0 Å². The van der Waals surface area contributed by atoms with Crippen molar-refractivity contribution in [3.05, 3.63) is 72.1 Å². The molecular weight excluding hydrogens is 423 g/mol. The number of sulfonamides is 1. The Kier molecular flexibility index (Phi) is 4.71. The van der Waals surface area contributed by atoms with Gasteiger partial charge in [-0.05, 0) is 48.9 Å². The highest BCUT2D eigenvalue weighted by Crippen LogP contribution is 2.31. The van der Waals surface area contributed by atoms with Crippen molar-refractivity contribution in [2.75, 3.05) is 22.7 Å². The van der Waals surface area contributed by atoms with Crippen molar-refractivity contribution >= 4 is 43.1 Å². The molecule has 1 N–H and O–H groups in total. The van der Waals surface area contributed by atoms with E-state index in [1.54, 1.807) is 29.8 Å². The SMILES string of the molecule is O=S(=O)(Nc1nccs1)c1ccc(N2CC[C@H](n3ccc4c(F)cccc43)C2)cc1.[HH]. The van der Waals surface area contributed by atoms with Crippen LogP contribution in [0.25, 0.3) is 10.9 Å². The molecule has 4 aromatic rings. The lowest BCUT2D eigenvalue weighted by Gasteiger charge is -2.20. The first-order chi connectivity index (χ1) is 14.5. The normalized spacial score (nSPS) is 17.0. The van der Waals surface area contributed by atoms with Crippen LogP contribution in [0.2, 0.25) is 0 Å². The van der Waals surface area contributed by atoms with Gasteiger partial charge in [0.25, 0.3) is 10.0 Å². The fraction of sp³-hybridized carbons (Fsp3) is 0.190. The molecule has 0 saturated carbocycles. The van der Waals surface area contributed by atoms with E-state index < -0.39 is 10.0 Å². The van der Waals surface area contributed by atoms with Crippen LogP contribution in [0.4, 0.5) is 15.2 Å². The number of aromatic nitrogens is 2. The van der Waals surface area contributed by atoms with E-state index in [9.17, 15) is 12.8 Å². The van der Waals surface area contributed by atoms with Gasteiger partial charge < -0.3 is 9.47 Å². The van der Waals surface area contributed by atoms with E-state index in [-0.39, 0.29) is 18.2 Å². The van der Waals surface area contributed by atoms with Crippen molar-refractivity contribution < 1.29 is 14.2 Å². The first-order valence-corrected chi connectivity index (χ1v) is 11.9. The van der Waals surface area contributed by atoms with Crippen LogP contribution in [0.15, 0.2) is 71.2 Å². The highest BCUT2D eigenvalue weighted by atomic mass is 32.2. The molecule has 1 aliphatic rings. The zero-order chi connectivity index (χ0) is 20.7. The van der Waals surface area contributed by atoms with Crippen LogP contribution in [0.3, 0.4) is 0 Å². The van der Waals surface area contributed by atoms with E-state index in [1.807, 2.05) is 30.5 Å². The molecule has 30 heavy (non-hydrogen) atoms. The minimum absolute atomic E-state index is 0. The van der Waals surface area contributed by atoms with Gasteiger partial charge in [-0.2, -0.15) is 0 Å². The largest absolute Gasteiger partial charge is 0.369 e. The second kappa shape index (κ2) is 7.41. The molecule has 1 saturated heterocycles. The molecule has 2 aromatic heterocycles. The maximum atomic E-state index is 14.0. The van der Waals surface area contributed by atoms with Crippen molar-refractivity contribution in [2.45, 2.75) is 17.4 Å². The van der Waals surface area contributed by atoms with Crippen molar-refractivity contribution in [3.8, 4) is 0 Å². The monoisotopic (exact) mass is 444 g/mol. The first-order valence-electron chi connectivity index (χ1n) is 9.54. The molecule has 5 rings (SSSR count). The van der Waals surface area contributed by atoms with E-state index in [4.69, 9.17) is 0 Å². The van der Waals surface area contributed by atoms with Crippen molar-refractivity contribution in [1.82, 2.24) is 9.55 Å². The smallest absolute Gasteiger partial charge is 0.263 e. The summed E-state index contributed by atoms with van der Waals surface area (Å²) >= 11 is 1.23. The maximum Gasteiger partial charge on any atom is 0.263 e. The second-order valence-corrected chi connectivity index (χ2v) is 9.80. The third-order valence-electron chi connectivity index (χ3n) is 5.43. The Morgan fingerprint density at radius 1 is 1.17 bits per heavy atom. The Morgan fingerprint density at radius 2 is 2.00 bits per heavy atom. The number of hydrogen-bond acceptors (Lipinski definition) is 5. The minimum atomic E-state index is -3.66. The van der Waals surface area contributed by atoms with E-state index >= 15 is 0 Å². The molecular formula is C21H21FN4O2S2. The summed E-state index contributed by atoms with van der Waals surface area (Å²) < 4.78 is 43.6. The number of nitrogens with zero attached hydrogens (tertiary/aromatic N) is 3. The van der Waals surface area contributed by atoms with Gasteiger partial charge >= 0.3 is 0 Å². The summed E-state index contributed by atoms with van der Waals surface area (Å²) in [5.41, 5.74) is 1.87. The minimum Gasteiger partial charge on any atom is -0.369 e. The summed E-state index contributed by atoms with van der Waals surface area (Å²) in [5.74, 6) is -0.204. The van der Waals surface area contributed by atoms with Crippen LogP contribution >= 0.6 is 11.3 Å². The van der Waals surface area contributed by atoms with Gasteiger partial charge in [0.15, 0.2) is 5.13 Å². The lowest BCUT2D eigenvalue weighted by Crippen LogP contribution is -2.21. The first kappa shape index (κ1) is 19.1. The zero-order valence-corrected chi connectivity index (χ0v) is 17.5. The Hall–Kier alpha value is -2.91. The number of benzene rings is 2. The summed E-state index contributed by atoms with van der Waals surface area (Å²) in [6, 6.07) is 14.1. The second-order valence-electron chi connectivity index (χ2n) is 7.22. The average molecular weight is 445 g/mol. The fourth-order valence-corrected chi connectivity index (χ4v) is 5.75. The molecule has 1 aliphatic heterocycles. The summed E-state index contributed by atoms with van der Waals surface area (Å²) in [5, 5.41) is 2.70. The molecule has 2 aromatic carbocycles. The zero-order valence-electron chi connectivity index (χ0n) is 15.9. The highest BCUT2D eigenvalue weighted by molar-refractivity contribution is 7.93. The van der Waals surface area contributed by atoms with E-state index in [0.29, 0.717) is 10.5 Å². The molecule has 156 valence electrons. The topological polar surface area (TPSA) is 67.2 Å². The number of rotatable bonds is 5. The summed E-state index contributed by atoms with van der Waals surface area (Å²) in [6.45, 7) is 1.63. The predicted octanol–water partition coefficient (Wildman–Crippen LogP) is 4.74. The number of hydrogen-bond donors (Lipinski definition) is 1. The number of halogens is 1. The summed E-state index contributed by atoms with van der Waals surface area (Å²) in [6.07, 6.45) is 4.44. The molecule has 0 radical (unpaired) electrons. The average Bonchev–Trinajstić information content (AvgIpc) is 3.48. The van der Waals surface area contributed by atoms with Gasteiger partial charge in [-0.1, -0.05) is 6.07 Å². The van der Waals surface area contributed by atoms with Crippen molar-refractivity contribution in [3.63, 3.8) is 0 Å². The third-order valence-corrected chi connectivity index (χ3v) is 7.61. The number of anilines is 2. The van der Waals surface area contributed by atoms with Gasteiger partial charge in [0.05, 0.1) is 16.5 Å². The maximum absolute atomic E-state index is 14.0. The summed E-state index contributed by atoms with van der Waals surface area (Å²) in [4.78, 5) is 6.38. The van der Waals surface area contributed by atoms with Gasteiger partial charge in [0.2, 0.25) is 0 Å². The van der Waals surface area contributed by atoms with Crippen LogP contribution in [-0.2, 0) is 10.0 Å². The van der Waals surface area contributed by atoms with Crippen LogP contribution in [-0.4, -0.2) is 31.1 Å². The van der Waals surface area contributed by atoms with Crippen LogP contribution in [0, 0.1) is 5.82 Å². The Balaban J connectivity index is 0.00000231. The van der Waals surface area contributed by atoms with Gasteiger partial charge in [-0.25, -0.2) is 17.8 Å². The molecule has 0 aliphatic carbocycles. The lowest BCUT2D eigenvalue weighted by atomic mass is 10.2. The molecule has 0 bridgehead atoms. The third kappa shape index (κ3) is 3.44. The van der Waals surface area contributed by atoms with Crippen LogP contribution < -0.4 is 9.62 Å². The Labute approximate surface area is 179 Å². The van der Waals surface area contributed by atoms with E-state index in [0.717, 1.165) is 30.7 Å². The van der Waals surface area contributed by atoms with Gasteiger partial charge in [0.1, 0.15) is 5.82 Å². The molecule has 6 nitrogen and oxygen atoms in total. The standard InChI is InChI=1S/C21H19FN4O2S2.H2/c22-19-2-1-3-20-18(19)9-12-26(20)16-8-11-25(14-16)15-4-6-17(7-5-15)30(27,28)24-21-23-10-13-29-21;/h1-7,9-10,12-13,16H,8,11,14H2,(H,23,24);1H/t16-;/m0./s1.